The molecule has 2 amide bonds. The molecule has 202 valence electrons. The number of ketones is 1. The van der Waals surface area contributed by atoms with Gasteiger partial charge in [-0.2, -0.15) is 0 Å². The van der Waals surface area contributed by atoms with E-state index in [9.17, 15) is 14.4 Å². The Labute approximate surface area is 243 Å². The summed E-state index contributed by atoms with van der Waals surface area (Å²) >= 11 is 7.51. The molecule has 0 saturated heterocycles. The molecular formula is C33H29ClN2O3S. The van der Waals surface area contributed by atoms with Crippen LogP contribution in [0.4, 0.5) is 5.69 Å². The van der Waals surface area contributed by atoms with Crippen molar-refractivity contribution in [2.24, 2.45) is 0 Å². The van der Waals surface area contributed by atoms with Crippen LogP contribution in [0, 0.1) is 0 Å². The van der Waals surface area contributed by atoms with E-state index < -0.39 is 5.91 Å². The highest BCUT2D eigenvalue weighted by Crippen LogP contribution is 2.25. The molecule has 4 aromatic carbocycles. The summed E-state index contributed by atoms with van der Waals surface area (Å²) in [7, 11) is 0. The average molecular weight is 569 g/mol. The zero-order valence-corrected chi connectivity index (χ0v) is 23.8. The molecule has 0 unspecified atom stereocenters. The van der Waals surface area contributed by atoms with E-state index in [0.717, 1.165) is 10.5 Å². The fraction of sp³-hybridized carbons (Fsp3) is 0.121. The molecule has 0 aromatic heterocycles. The lowest BCUT2D eigenvalue weighted by molar-refractivity contribution is -0.113. The molecule has 0 radical (unpaired) electrons. The van der Waals surface area contributed by atoms with E-state index in [1.165, 1.54) is 17.3 Å². The highest BCUT2D eigenvalue weighted by molar-refractivity contribution is 8.00. The maximum atomic E-state index is 13.4. The normalized spacial score (nSPS) is 11.2. The monoisotopic (exact) mass is 568 g/mol. The van der Waals surface area contributed by atoms with Gasteiger partial charge in [-0.25, -0.2) is 0 Å². The van der Waals surface area contributed by atoms with Crippen LogP contribution in [0.15, 0.2) is 114 Å². The standard InChI is InChI=1S/C33H29ClN2O3S/c1-22(2)24-17-15-23(16-18-24)19-30(36-32(38)25-9-4-3-5-10-25)33(39)35-26-11-8-12-27(20-26)40-21-31(37)28-13-6-7-14-29(28)34/h3-20,22H,21H2,1-2H3,(H,35,39)(H,36,38)/b30-19-. The first-order valence-corrected chi connectivity index (χ1v) is 14.2. The van der Waals surface area contributed by atoms with Gasteiger partial charge < -0.3 is 10.6 Å². The summed E-state index contributed by atoms with van der Waals surface area (Å²) in [5, 5.41) is 6.06. The van der Waals surface area contributed by atoms with Crippen molar-refractivity contribution < 1.29 is 14.4 Å². The number of benzene rings is 4. The highest BCUT2D eigenvalue weighted by atomic mass is 35.5. The second kappa shape index (κ2) is 13.8. The minimum absolute atomic E-state index is 0.0811. The Morgan fingerprint density at radius 3 is 2.25 bits per heavy atom. The number of thioether (sulfide) groups is 1. The Morgan fingerprint density at radius 2 is 1.55 bits per heavy atom. The van der Waals surface area contributed by atoms with Crippen LogP contribution in [-0.2, 0) is 4.79 Å². The van der Waals surface area contributed by atoms with Crippen LogP contribution in [0.2, 0.25) is 5.02 Å². The zero-order chi connectivity index (χ0) is 28.5. The van der Waals surface area contributed by atoms with E-state index >= 15 is 0 Å². The number of anilines is 1. The topological polar surface area (TPSA) is 75.3 Å². The Bertz CT molecular complexity index is 1530. The van der Waals surface area contributed by atoms with Crippen molar-refractivity contribution in [3.05, 3.63) is 136 Å². The summed E-state index contributed by atoms with van der Waals surface area (Å²) in [5.41, 5.74) is 3.53. The van der Waals surface area contributed by atoms with E-state index in [1.807, 2.05) is 36.4 Å². The molecule has 0 aliphatic carbocycles. The van der Waals surface area contributed by atoms with Gasteiger partial charge in [0.15, 0.2) is 5.78 Å². The fourth-order valence-electron chi connectivity index (χ4n) is 3.86. The number of rotatable bonds is 10. The van der Waals surface area contributed by atoms with Crippen LogP contribution >= 0.6 is 23.4 Å². The van der Waals surface area contributed by atoms with Crippen molar-refractivity contribution in [1.29, 1.82) is 0 Å². The number of hydrogen-bond donors (Lipinski definition) is 2. The van der Waals surface area contributed by atoms with Crippen LogP contribution in [0.25, 0.3) is 6.08 Å². The summed E-state index contributed by atoms with van der Waals surface area (Å²) in [6.45, 7) is 4.23. The molecule has 0 saturated carbocycles. The smallest absolute Gasteiger partial charge is 0.272 e. The van der Waals surface area contributed by atoms with E-state index in [-0.39, 0.29) is 23.1 Å². The molecule has 0 aliphatic rings. The van der Waals surface area contributed by atoms with Crippen LogP contribution in [0.3, 0.4) is 0 Å². The first kappa shape index (κ1) is 28.9. The lowest BCUT2D eigenvalue weighted by atomic mass is 10.0. The molecule has 5 nitrogen and oxygen atoms in total. The molecule has 7 heteroatoms. The number of halogens is 1. The summed E-state index contributed by atoms with van der Waals surface area (Å²) in [5.74, 6) is -0.355. The Hall–Kier alpha value is -4.13. The summed E-state index contributed by atoms with van der Waals surface area (Å²) in [6, 6.07) is 30.8. The minimum Gasteiger partial charge on any atom is -0.321 e. The molecule has 2 N–H and O–H groups in total. The number of Topliss-reactive ketones (excluding diaryl/α,β-unsaturated/α-hetero) is 1. The maximum Gasteiger partial charge on any atom is 0.272 e. The van der Waals surface area contributed by atoms with Gasteiger partial charge in [0.2, 0.25) is 0 Å². The van der Waals surface area contributed by atoms with Gasteiger partial charge in [0.25, 0.3) is 11.8 Å². The average Bonchev–Trinajstić information content (AvgIpc) is 2.96. The van der Waals surface area contributed by atoms with Gasteiger partial charge in [0, 0.05) is 21.7 Å². The molecule has 4 rings (SSSR count). The van der Waals surface area contributed by atoms with Crippen molar-refractivity contribution in [3.63, 3.8) is 0 Å². The van der Waals surface area contributed by atoms with Gasteiger partial charge in [-0.15, -0.1) is 11.8 Å². The lowest BCUT2D eigenvalue weighted by Crippen LogP contribution is -2.30. The van der Waals surface area contributed by atoms with Gasteiger partial charge in [-0.05, 0) is 65.6 Å². The Balaban J connectivity index is 1.51. The molecule has 0 aliphatic heterocycles. The molecule has 0 bridgehead atoms. The molecule has 0 atom stereocenters. The van der Waals surface area contributed by atoms with E-state index in [1.54, 1.807) is 72.8 Å². The number of hydrogen-bond acceptors (Lipinski definition) is 4. The van der Waals surface area contributed by atoms with Crippen molar-refractivity contribution in [2.45, 2.75) is 24.7 Å². The third kappa shape index (κ3) is 7.94. The third-order valence-electron chi connectivity index (χ3n) is 6.08. The molecule has 4 aromatic rings. The van der Waals surface area contributed by atoms with Crippen molar-refractivity contribution in [2.75, 3.05) is 11.1 Å². The van der Waals surface area contributed by atoms with Crippen LogP contribution < -0.4 is 10.6 Å². The van der Waals surface area contributed by atoms with Crippen molar-refractivity contribution >= 4 is 52.7 Å². The van der Waals surface area contributed by atoms with E-state index in [0.29, 0.717) is 27.8 Å². The van der Waals surface area contributed by atoms with Gasteiger partial charge in [0.1, 0.15) is 5.70 Å². The maximum absolute atomic E-state index is 13.4. The number of carbonyl (C=O) groups excluding carboxylic acids is 3. The number of carbonyl (C=O) groups is 3. The van der Waals surface area contributed by atoms with Gasteiger partial charge in [-0.3, -0.25) is 14.4 Å². The highest BCUT2D eigenvalue weighted by Gasteiger charge is 2.16. The largest absolute Gasteiger partial charge is 0.321 e. The van der Waals surface area contributed by atoms with Gasteiger partial charge >= 0.3 is 0 Å². The molecule has 0 fully saturated rings. The minimum atomic E-state index is -0.466. The number of amides is 2. The second-order valence-electron chi connectivity index (χ2n) is 9.37. The van der Waals surface area contributed by atoms with Crippen molar-refractivity contribution in [1.82, 2.24) is 5.32 Å². The fourth-order valence-corrected chi connectivity index (χ4v) is 4.94. The predicted octanol–water partition coefficient (Wildman–Crippen LogP) is 7.85. The van der Waals surface area contributed by atoms with Crippen LogP contribution in [-0.4, -0.2) is 23.4 Å². The van der Waals surface area contributed by atoms with Gasteiger partial charge in [-0.1, -0.05) is 86.1 Å². The first-order valence-electron chi connectivity index (χ1n) is 12.8. The quantitative estimate of drug-likeness (QED) is 0.116. The van der Waals surface area contributed by atoms with E-state index in [2.05, 4.69) is 24.5 Å². The molecule has 0 heterocycles. The summed E-state index contributed by atoms with van der Waals surface area (Å²) in [6.07, 6.45) is 1.65. The molecular weight excluding hydrogens is 540 g/mol. The first-order chi connectivity index (χ1) is 19.3. The predicted molar refractivity (Wildman–Crippen MR) is 164 cm³/mol. The molecule has 40 heavy (non-hydrogen) atoms. The Kier molecular flexibility index (Phi) is 9.95. The summed E-state index contributed by atoms with van der Waals surface area (Å²) in [4.78, 5) is 39.7. The Morgan fingerprint density at radius 1 is 0.850 bits per heavy atom. The van der Waals surface area contributed by atoms with Gasteiger partial charge in [0.05, 0.1) is 10.8 Å². The second-order valence-corrected chi connectivity index (χ2v) is 10.8. The SMILES string of the molecule is CC(C)c1ccc(/C=C(\NC(=O)c2ccccc2)C(=O)Nc2cccc(SCC(=O)c3ccccc3Cl)c2)cc1. The lowest BCUT2D eigenvalue weighted by Gasteiger charge is -2.13. The number of nitrogens with one attached hydrogen (secondary N) is 2. The molecule has 0 spiro atoms. The van der Waals surface area contributed by atoms with Crippen molar-refractivity contribution in [3.8, 4) is 0 Å². The van der Waals surface area contributed by atoms with E-state index in [4.69, 9.17) is 11.6 Å². The zero-order valence-electron chi connectivity index (χ0n) is 22.2. The van der Waals surface area contributed by atoms with Crippen LogP contribution in [0.1, 0.15) is 51.6 Å². The summed E-state index contributed by atoms with van der Waals surface area (Å²) < 4.78 is 0. The van der Waals surface area contributed by atoms with Crippen LogP contribution in [0.5, 0.6) is 0 Å². The third-order valence-corrected chi connectivity index (χ3v) is 7.40.